The van der Waals surface area contributed by atoms with Gasteiger partial charge in [-0.05, 0) is 24.6 Å². The number of hydrogen-bond acceptors (Lipinski definition) is 5. The van der Waals surface area contributed by atoms with Crippen molar-refractivity contribution in [3.8, 4) is 0 Å². The third-order valence-corrected chi connectivity index (χ3v) is 5.90. The maximum atomic E-state index is 11.4. The molecule has 1 aliphatic heterocycles. The van der Waals surface area contributed by atoms with E-state index in [0.717, 1.165) is 10.0 Å². The molecule has 124 valence electrons. The van der Waals surface area contributed by atoms with Crippen LogP contribution in [-0.4, -0.2) is 31.3 Å². The molecule has 0 spiro atoms. The first-order valence-electron chi connectivity index (χ1n) is 7.05. The van der Waals surface area contributed by atoms with Gasteiger partial charge in [0.1, 0.15) is 11.5 Å². The minimum Gasteiger partial charge on any atom is -0.379 e. The molecule has 2 heterocycles. The fourth-order valence-electron chi connectivity index (χ4n) is 2.75. The summed E-state index contributed by atoms with van der Waals surface area (Å²) in [5, 5.41) is 2.87. The molecule has 1 aromatic heterocycles. The van der Waals surface area contributed by atoms with Gasteiger partial charge in [-0.3, -0.25) is 4.55 Å². The third-order valence-electron chi connectivity index (χ3n) is 4.26. The van der Waals surface area contributed by atoms with Crippen LogP contribution in [0.15, 0.2) is 39.5 Å². The molecular weight excluding hydrogens is 386 g/mol. The molecule has 1 unspecified atom stereocenters. The average molecular weight is 402 g/mol. The fraction of sp³-hybridized carbons (Fsp3) is 0.400. The molecule has 1 aromatic carbocycles. The molecule has 1 saturated heterocycles. The van der Waals surface area contributed by atoms with Gasteiger partial charge in [-0.15, -0.1) is 0 Å². The van der Waals surface area contributed by atoms with Gasteiger partial charge in [0.05, 0.1) is 18.9 Å². The number of hydrogen-bond donors (Lipinski definition) is 1. The fourth-order valence-corrected chi connectivity index (χ4v) is 3.66. The van der Waals surface area contributed by atoms with Gasteiger partial charge in [0.15, 0.2) is 0 Å². The van der Waals surface area contributed by atoms with Gasteiger partial charge in [-0.2, -0.15) is 8.42 Å². The number of nitrogens with zero attached hydrogens (tertiary/aromatic N) is 1. The first kappa shape index (κ1) is 16.6. The zero-order valence-electron chi connectivity index (χ0n) is 12.4. The molecule has 1 N–H and O–H groups in total. The molecule has 2 aromatic rings. The van der Waals surface area contributed by atoms with Crippen molar-refractivity contribution in [3.05, 3.63) is 51.8 Å². The van der Waals surface area contributed by atoms with Crippen LogP contribution in [-0.2, 0) is 26.7 Å². The first-order valence-corrected chi connectivity index (χ1v) is 9.35. The summed E-state index contributed by atoms with van der Waals surface area (Å²) in [6, 6.07) is 7.93. The highest BCUT2D eigenvalue weighted by atomic mass is 79.9. The minimum absolute atomic E-state index is 0.270. The van der Waals surface area contributed by atoms with E-state index in [9.17, 15) is 13.0 Å². The summed E-state index contributed by atoms with van der Waals surface area (Å²) in [6.07, 6.45) is 1.76. The van der Waals surface area contributed by atoms with Gasteiger partial charge in [0.2, 0.25) is 0 Å². The lowest BCUT2D eigenvalue weighted by molar-refractivity contribution is -0.0607. The zero-order chi connectivity index (χ0) is 16.7. The van der Waals surface area contributed by atoms with E-state index >= 15 is 0 Å². The maximum Gasteiger partial charge on any atom is 0.271 e. The molecule has 23 heavy (non-hydrogen) atoms. The topological polar surface area (TPSA) is 89.6 Å². The summed E-state index contributed by atoms with van der Waals surface area (Å²) < 4.78 is 43.4. The molecule has 6 nitrogen and oxygen atoms in total. The van der Waals surface area contributed by atoms with E-state index < -0.39 is 15.4 Å². The molecule has 0 radical (unpaired) electrons. The van der Waals surface area contributed by atoms with Crippen LogP contribution in [0, 0.1) is 0 Å². The Morgan fingerprint density at radius 2 is 2.17 bits per heavy atom. The second-order valence-corrected chi connectivity index (χ2v) is 8.49. The van der Waals surface area contributed by atoms with Crippen LogP contribution in [0.3, 0.4) is 0 Å². The SMILES string of the molecule is CC(c1conc1CC1(c2cccc(Br)c2)COC1)S(=O)(=O)O. The Bertz CT molecular complexity index is 813. The van der Waals surface area contributed by atoms with E-state index in [1.54, 1.807) is 0 Å². The Balaban J connectivity index is 1.94. The molecular formula is C15H16BrNO5S. The number of benzene rings is 1. The Labute approximate surface area is 142 Å². The van der Waals surface area contributed by atoms with Crippen LogP contribution in [0.5, 0.6) is 0 Å². The number of aromatic nitrogens is 1. The van der Waals surface area contributed by atoms with Gasteiger partial charge in [-0.25, -0.2) is 0 Å². The van der Waals surface area contributed by atoms with E-state index in [4.69, 9.17) is 9.26 Å². The van der Waals surface area contributed by atoms with Gasteiger partial charge >= 0.3 is 0 Å². The van der Waals surface area contributed by atoms with Crippen molar-refractivity contribution < 1.29 is 22.2 Å². The molecule has 3 rings (SSSR count). The van der Waals surface area contributed by atoms with Crippen LogP contribution in [0.25, 0.3) is 0 Å². The van der Waals surface area contributed by atoms with Gasteiger partial charge in [0, 0.05) is 21.9 Å². The molecule has 0 amide bonds. The minimum atomic E-state index is -4.20. The normalized spacial score (nSPS) is 18.4. The Kier molecular flexibility index (Phi) is 4.35. The van der Waals surface area contributed by atoms with Gasteiger partial charge in [-0.1, -0.05) is 33.2 Å². The largest absolute Gasteiger partial charge is 0.379 e. The van der Waals surface area contributed by atoms with Crippen molar-refractivity contribution in [2.75, 3.05) is 13.2 Å². The summed E-state index contributed by atoms with van der Waals surface area (Å²) in [7, 11) is -4.20. The van der Waals surface area contributed by atoms with Crippen molar-refractivity contribution in [2.24, 2.45) is 0 Å². The molecule has 0 aliphatic carbocycles. The summed E-state index contributed by atoms with van der Waals surface area (Å²) in [4.78, 5) is 0. The molecule has 1 aliphatic rings. The number of halogens is 1. The summed E-state index contributed by atoms with van der Waals surface area (Å²) in [6.45, 7) is 2.46. The lowest BCUT2D eigenvalue weighted by Crippen LogP contribution is -2.48. The quantitative estimate of drug-likeness (QED) is 0.774. The van der Waals surface area contributed by atoms with E-state index in [1.807, 2.05) is 24.3 Å². The highest BCUT2D eigenvalue weighted by Crippen LogP contribution is 2.38. The molecule has 1 atom stereocenters. The van der Waals surface area contributed by atoms with Crippen LogP contribution in [0.1, 0.15) is 29.0 Å². The Hall–Kier alpha value is -1.22. The molecule has 0 saturated carbocycles. The van der Waals surface area contributed by atoms with Crippen LogP contribution < -0.4 is 0 Å². The van der Waals surface area contributed by atoms with E-state index in [2.05, 4.69) is 21.1 Å². The molecule has 0 bridgehead atoms. The predicted octanol–water partition coefficient (Wildman–Crippen LogP) is 2.90. The van der Waals surface area contributed by atoms with Crippen LogP contribution in [0.4, 0.5) is 0 Å². The number of ether oxygens (including phenoxy) is 1. The van der Waals surface area contributed by atoms with Crippen molar-refractivity contribution in [1.82, 2.24) is 5.16 Å². The van der Waals surface area contributed by atoms with Crippen molar-refractivity contribution >= 4 is 26.0 Å². The third kappa shape index (κ3) is 3.21. The molecule has 8 heteroatoms. The summed E-state index contributed by atoms with van der Waals surface area (Å²) in [5.74, 6) is 0. The van der Waals surface area contributed by atoms with Crippen LogP contribution >= 0.6 is 15.9 Å². The van der Waals surface area contributed by atoms with Crippen molar-refractivity contribution in [1.29, 1.82) is 0 Å². The maximum absolute atomic E-state index is 11.4. The summed E-state index contributed by atoms with van der Waals surface area (Å²) in [5.41, 5.74) is 1.73. The Morgan fingerprint density at radius 1 is 1.43 bits per heavy atom. The van der Waals surface area contributed by atoms with Crippen molar-refractivity contribution in [3.63, 3.8) is 0 Å². The van der Waals surface area contributed by atoms with E-state index in [0.29, 0.717) is 30.9 Å². The second kappa shape index (κ2) is 6.01. The highest BCUT2D eigenvalue weighted by Gasteiger charge is 2.42. The monoisotopic (exact) mass is 401 g/mol. The highest BCUT2D eigenvalue weighted by molar-refractivity contribution is 9.10. The average Bonchev–Trinajstić information content (AvgIpc) is 2.88. The predicted molar refractivity (Wildman–Crippen MR) is 86.8 cm³/mol. The lowest BCUT2D eigenvalue weighted by Gasteiger charge is -2.42. The Morgan fingerprint density at radius 3 is 2.74 bits per heavy atom. The summed E-state index contributed by atoms with van der Waals surface area (Å²) >= 11 is 3.46. The second-order valence-electron chi connectivity index (χ2n) is 5.83. The van der Waals surface area contributed by atoms with Gasteiger partial charge < -0.3 is 9.26 Å². The first-order chi connectivity index (χ1) is 10.8. The van der Waals surface area contributed by atoms with Gasteiger partial charge in [0.25, 0.3) is 10.1 Å². The van der Waals surface area contributed by atoms with Crippen molar-refractivity contribution in [2.45, 2.75) is 24.0 Å². The number of rotatable bonds is 5. The van der Waals surface area contributed by atoms with E-state index in [1.165, 1.54) is 13.2 Å². The van der Waals surface area contributed by atoms with Crippen LogP contribution in [0.2, 0.25) is 0 Å². The standard InChI is InChI=1S/C15H16BrNO5S/c1-10(23(18,19)20)13-7-22-17-14(13)6-15(8-21-9-15)11-3-2-4-12(16)5-11/h2-5,7,10H,6,8-9H2,1H3,(H,18,19,20). The molecule has 1 fully saturated rings. The smallest absolute Gasteiger partial charge is 0.271 e. The lowest BCUT2D eigenvalue weighted by atomic mass is 9.74. The van der Waals surface area contributed by atoms with E-state index in [-0.39, 0.29) is 5.41 Å². The zero-order valence-corrected chi connectivity index (χ0v) is 14.8.